The number of halogens is 2. The van der Waals surface area contributed by atoms with Gasteiger partial charge in [-0.05, 0) is 43.4 Å². The minimum Gasteiger partial charge on any atom is -0.447 e. The normalized spacial score (nSPS) is 26.0. The van der Waals surface area contributed by atoms with E-state index in [1.807, 2.05) is 0 Å². The lowest BCUT2D eigenvalue weighted by molar-refractivity contribution is -0.137. The van der Waals surface area contributed by atoms with Gasteiger partial charge in [0.25, 0.3) is 17.4 Å². The molecule has 4 aromatic heterocycles. The smallest absolute Gasteiger partial charge is 0.412 e. The van der Waals surface area contributed by atoms with Crippen molar-refractivity contribution in [3.8, 4) is 0 Å². The summed E-state index contributed by atoms with van der Waals surface area (Å²) in [6.07, 6.45) is -7.58. The monoisotopic (exact) mass is 1320 g/mol. The number of carbonyl (C=O) groups is 7. The average molecular weight is 1320 g/mol. The molecule has 0 radical (unpaired) electrons. The largest absolute Gasteiger partial charge is 0.447 e. The predicted molar refractivity (Wildman–Crippen MR) is 311 cm³/mol. The van der Waals surface area contributed by atoms with Crippen molar-refractivity contribution in [1.29, 1.82) is 0 Å². The SMILES string of the molecule is CC(C)[C@H](NC(=O)CCCCCN1C(=O)C=CC1=O)C(=O)N[C@@H](C)C(=O)Nc1ccc(COC(=O)N(C)CCOC(=O)Nc2ncnc3c2ncn3[C@@H]2O[C@@H]3CO[P@@](=O)(S)O[C@H]4C(n5cc(F)c6c(=O)[nH]cnc65)O[C@H](CO[P@@](=O)(S)O[C@H]3[C@H]2F)[C@H]4O)cc1. The van der Waals surface area contributed by atoms with Gasteiger partial charge in [0.05, 0.1) is 32.4 Å². The predicted octanol–water partition coefficient (Wildman–Crippen LogP) is 3.98. The van der Waals surface area contributed by atoms with Gasteiger partial charge in [0.1, 0.15) is 67.5 Å². The summed E-state index contributed by atoms with van der Waals surface area (Å²) in [5.41, 5.74) is -0.347. The van der Waals surface area contributed by atoms with Crippen molar-refractivity contribution in [2.75, 3.05) is 50.6 Å². The van der Waals surface area contributed by atoms with E-state index >= 15 is 8.78 Å². The number of aliphatic hydroxyl groups is 1. The van der Waals surface area contributed by atoms with Gasteiger partial charge in [-0.1, -0.05) is 56.9 Å². The minimum absolute atomic E-state index is 0.0854. The molecular weight excluding hydrogens is 1260 g/mol. The second-order valence-corrected chi connectivity index (χ2v) is 26.8. The Balaban J connectivity index is 0.716. The number of aromatic nitrogens is 7. The highest BCUT2D eigenvalue weighted by molar-refractivity contribution is 8.44. The van der Waals surface area contributed by atoms with E-state index in [1.165, 1.54) is 26.1 Å². The second kappa shape index (κ2) is 28.3. The first kappa shape index (κ1) is 66.2. The van der Waals surface area contributed by atoms with Crippen molar-refractivity contribution >= 4 is 114 Å². The number of likely N-dealkylation sites (N-methyl/N-ethyl adjacent to an activating group) is 1. The molecule has 0 saturated carbocycles. The number of hydrogen-bond donors (Lipinski definition) is 8. The molecule has 6 N–H and O–H groups in total. The Morgan fingerprint density at radius 1 is 0.843 bits per heavy atom. The Morgan fingerprint density at radius 2 is 1.53 bits per heavy atom. The van der Waals surface area contributed by atoms with E-state index in [1.54, 1.807) is 38.1 Å². The maximum absolute atomic E-state index is 16.7. The number of alkyl halides is 1. The fraction of sp³-hybridized carbons (Fsp3) is 0.490. The van der Waals surface area contributed by atoms with Gasteiger partial charge in [0.15, 0.2) is 47.1 Å². The molecule has 7 amide bonds. The molecule has 5 aromatic rings. The zero-order valence-corrected chi connectivity index (χ0v) is 51.2. The Hall–Kier alpha value is -7.24. The third-order valence-corrected chi connectivity index (χ3v) is 17.6. The number of H-pyrrole nitrogens is 1. The number of imide groups is 1. The lowest BCUT2D eigenvalue weighted by Gasteiger charge is -2.26. The molecule has 4 aliphatic rings. The number of carbonyl (C=O) groups excluding carboxylic acids is 7. The fourth-order valence-corrected chi connectivity index (χ4v) is 12.6. The number of thiol groups is 2. The van der Waals surface area contributed by atoms with Gasteiger partial charge in [0, 0.05) is 44.0 Å². The first-order valence-electron chi connectivity index (χ1n) is 27.5. The summed E-state index contributed by atoms with van der Waals surface area (Å²) in [4.78, 5) is 122. The molecule has 32 nitrogen and oxygen atoms in total. The molecule has 38 heteroatoms. The number of aromatic amines is 1. The number of amides is 7. The molecule has 89 heavy (non-hydrogen) atoms. The maximum Gasteiger partial charge on any atom is 0.412 e. The number of fused-ring (bicyclic) bond motifs is 5. The summed E-state index contributed by atoms with van der Waals surface area (Å²) in [5.74, 6) is -3.72. The van der Waals surface area contributed by atoms with E-state index in [9.17, 15) is 52.6 Å². The van der Waals surface area contributed by atoms with Crippen LogP contribution in [-0.4, -0.2) is 179 Å². The van der Waals surface area contributed by atoms with Crippen LogP contribution in [0.3, 0.4) is 0 Å². The van der Waals surface area contributed by atoms with Crippen LogP contribution in [0.15, 0.2) is 66.4 Å². The van der Waals surface area contributed by atoms with E-state index in [2.05, 4.69) is 70.7 Å². The van der Waals surface area contributed by atoms with Gasteiger partial charge in [-0.15, -0.1) is 0 Å². The molecule has 0 spiro atoms. The number of benzene rings is 1. The van der Waals surface area contributed by atoms with Crippen molar-refractivity contribution < 1.29 is 93.6 Å². The number of anilines is 2. The van der Waals surface area contributed by atoms with E-state index in [4.69, 9.17) is 37.0 Å². The van der Waals surface area contributed by atoms with Crippen LogP contribution in [0.1, 0.15) is 64.5 Å². The summed E-state index contributed by atoms with van der Waals surface area (Å²) in [5, 5.41) is 21.3. The zero-order valence-electron chi connectivity index (χ0n) is 47.6. The number of aliphatic hydroxyl groups excluding tert-OH is 1. The van der Waals surface area contributed by atoms with Gasteiger partial charge in [-0.25, -0.2) is 47.4 Å². The van der Waals surface area contributed by atoms with Gasteiger partial charge in [-0.3, -0.25) is 61.6 Å². The Kier molecular flexibility index (Phi) is 21.0. The first-order valence-corrected chi connectivity index (χ1v) is 32.9. The van der Waals surface area contributed by atoms with Gasteiger partial charge in [0.2, 0.25) is 17.7 Å². The van der Waals surface area contributed by atoms with Crippen molar-refractivity contribution in [2.24, 2.45) is 5.92 Å². The molecule has 3 fully saturated rings. The molecule has 12 atom stereocenters. The number of nitrogens with one attached hydrogen (secondary N) is 5. The van der Waals surface area contributed by atoms with E-state index in [0.717, 1.165) is 44.1 Å². The molecule has 3 saturated heterocycles. The maximum atomic E-state index is 16.7. The number of imidazole rings is 1. The summed E-state index contributed by atoms with van der Waals surface area (Å²) in [7, 11) is 1.40. The topological polar surface area (TPSA) is 397 Å². The van der Waals surface area contributed by atoms with E-state index in [-0.39, 0.29) is 79.0 Å². The highest BCUT2D eigenvalue weighted by Gasteiger charge is 2.54. The van der Waals surface area contributed by atoms with Gasteiger partial charge < -0.3 is 54.5 Å². The van der Waals surface area contributed by atoms with Gasteiger partial charge in [-0.2, -0.15) is 0 Å². The van der Waals surface area contributed by atoms with Crippen LogP contribution in [0.5, 0.6) is 0 Å². The average Bonchev–Trinajstić information content (AvgIpc) is 1.64. The molecule has 1 aromatic carbocycles. The Morgan fingerprint density at radius 3 is 2.24 bits per heavy atom. The third-order valence-electron chi connectivity index (χ3n) is 14.3. The highest BCUT2D eigenvalue weighted by Crippen LogP contribution is 2.60. The quantitative estimate of drug-likeness (QED) is 0.0236. The molecular formula is C51H61F2N13O19P2S2. The Labute approximate surface area is 513 Å². The van der Waals surface area contributed by atoms with Crippen molar-refractivity contribution in [2.45, 2.75) is 114 Å². The first-order chi connectivity index (χ1) is 42.3. The lowest BCUT2D eigenvalue weighted by atomic mass is 10.0. The zero-order chi connectivity index (χ0) is 64.1. The van der Waals surface area contributed by atoms with Crippen LogP contribution in [0.25, 0.3) is 22.2 Å². The molecule has 8 heterocycles. The van der Waals surface area contributed by atoms with Gasteiger partial charge >= 0.3 is 25.8 Å². The summed E-state index contributed by atoms with van der Waals surface area (Å²) in [6, 6.07) is 4.40. The second-order valence-electron chi connectivity index (χ2n) is 21.0. The molecule has 1 unspecified atom stereocenters. The summed E-state index contributed by atoms with van der Waals surface area (Å²) in [6.45, 7) is -6.25. The van der Waals surface area contributed by atoms with Crippen molar-refractivity contribution in [3.63, 3.8) is 0 Å². The summed E-state index contributed by atoms with van der Waals surface area (Å²) < 4.78 is 106. The molecule has 0 aliphatic carbocycles. The van der Waals surface area contributed by atoms with Crippen LogP contribution in [-0.2, 0) is 76.8 Å². The fourth-order valence-electron chi connectivity index (χ4n) is 9.67. The number of ether oxygens (including phenoxy) is 4. The molecule has 480 valence electrons. The standard InChI is InChI=1S/C51H61F2N13O19P2S2/c1-25(2)37(61-32(67)8-6-5-7-15-64-33(68)13-14-34(64)69)47(73)59-26(3)45(71)60-28-11-9-27(10-12-28)19-79-51(75)63(4)16-17-78-50(74)62-42-38-44(56-22-54-42)66(24-58-38)48-36(53)40-31(83-48)21-81-87(77,89)85-41-39(70)30(20-80-86(76,88)84-40)82-49(41)65-18-29(52)35-43(65)55-23-57-46(35)72/h9-14,18,22-26,30-31,36-37,39-41,48-49,70H,5-8,15-17,19-21H2,1-4H3,(H,59,73)(H,60,71)(H,61,67)(H,76,88)(H,77,89)(H,55,57,72)(H,54,56,62,74)/t26-,30+,31+,36+,37-,39+,40+,41+,48+,49?,86+,87+/m0/s1. The van der Waals surface area contributed by atoms with E-state index in [0.29, 0.717) is 30.5 Å². The van der Waals surface area contributed by atoms with Crippen LogP contribution >= 0.6 is 38.1 Å². The highest BCUT2D eigenvalue weighted by atomic mass is 32.7. The van der Waals surface area contributed by atoms with Crippen molar-refractivity contribution in [1.82, 2.24) is 54.5 Å². The van der Waals surface area contributed by atoms with Crippen LogP contribution in [0, 0.1) is 11.7 Å². The number of hydrogen-bond acceptors (Lipinski definition) is 23. The van der Waals surface area contributed by atoms with Crippen LogP contribution in [0.2, 0.25) is 0 Å². The van der Waals surface area contributed by atoms with Crippen LogP contribution < -0.4 is 26.8 Å². The number of nitrogens with zero attached hydrogens (tertiary/aromatic N) is 8. The van der Waals surface area contributed by atoms with Crippen molar-refractivity contribution in [3.05, 3.63) is 83.3 Å². The number of rotatable bonds is 20. The molecule has 9 rings (SSSR count). The molecule has 2 bridgehead atoms. The van der Waals surface area contributed by atoms with E-state index < -0.39 is 129 Å². The lowest BCUT2D eigenvalue weighted by Crippen LogP contribution is -2.53. The molecule has 4 aliphatic heterocycles. The number of unbranched alkanes of at least 4 members (excludes halogenated alkanes) is 2. The summed E-state index contributed by atoms with van der Waals surface area (Å²) >= 11 is 8.08. The third kappa shape index (κ3) is 15.9. The van der Waals surface area contributed by atoms with Crippen LogP contribution in [0.4, 0.5) is 29.9 Å². The minimum atomic E-state index is -4.63. The Bertz CT molecular complexity index is 3680.